The van der Waals surface area contributed by atoms with Gasteiger partial charge in [-0.15, -0.1) is 0 Å². The molecule has 19 heavy (non-hydrogen) atoms. The summed E-state index contributed by atoms with van der Waals surface area (Å²) < 4.78 is 0.956. The molecule has 1 aromatic rings. The molecule has 104 valence electrons. The Balaban J connectivity index is 1.89. The summed E-state index contributed by atoms with van der Waals surface area (Å²) in [6.07, 6.45) is 8.90. The lowest BCUT2D eigenvalue weighted by molar-refractivity contribution is -0.119. The molecule has 0 amide bonds. The van der Waals surface area contributed by atoms with E-state index in [4.69, 9.17) is 11.6 Å². The average molecular weight is 344 g/mol. The number of ketones is 1. The Labute approximate surface area is 128 Å². The molecule has 0 spiro atoms. The summed E-state index contributed by atoms with van der Waals surface area (Å²) in [6.45, 7) is 0. The van der Waals surface area contributed by atoms with Gasteiger partial charge in [-0.05, 0) is 23.6 Å². The molecule has 0 aromatic heterocycles. The van der Waals surface area contributed by atoms with Crippen molar-refractivity contribution in [2.75, 3.05) is 0 Å². The summed E-state index contributed by atoms with van der Waals surface area (Å²) >= 11 is 9.54. The Bertz CT molecular complexity index is 436. The minimum Gasteiger partial charge on any atom is -0.299 e. The maximum atomic E-state index is 12.2. The molecular formula is C16H20BrClO. The number of halogens is 2. The van der Waals surface area contributed by atoms with Crippen LogP contribution in [-0.4, -0.2) is 5.78 Å². The third-order valence-corrected chi connectivity index (χ3v) is 4.74. The lowest BCUT2D eigenvalue weighted by Crippen LogP contribution is -2.10. The second-order valence-corrected chi connectivity index (χ2v) is 6.84. The average Bonchev–Trinajstić information content (AvgIpc) is 2.61. The van der Waals surface area contributed by atoms with Gasteiger partial charge in [0.25, 0.3) is 0 Å². The molecule has 2 rings (SSSR count). The molecule has 0 aliphatic heterocycles. The number of carbonyl (C=O) groups is 1. The van der Waals surface area contributed by atoms with Gasteiger partial charge in [-0.3, -0.25) is 4.79 Å². The summed E-state index contributed by atoms with van der Waals surface area (Å²) in [7, 11) is 0. The van der Waals surface area contributed by atoms with Crippen molar-refractivity contribution in [2.45, 2.75) is 51.4 Å². The highest BCUT2D eigenvalue weighted by molar-refractivity contribution is 9.10. The van der Waals surface area contributed by atoms with Crippen LogP contribution in [0, 0.1) is 5.92 Å². The Morgan fingerprint density at radius 3 is 2.53 bits per heavy atom. The van der Waals surface area contributed by atoms with E-state index in [2.05, 4.69) is 15.9 Å². The van der Waals surface area contributed by atoms with Crippen molar-refractivity contribution in [3.8, 4) is 0 Å². The van der Waals surface area contributed by atoms with E-state index in [1.165, 1.54) is 38.5 Å². The van der Waals surface area contributed by atoms with Gasteiger partial charge in [0.15, 0.2) is 0 Å². The van der Waals surface area contributed by atoms with Crippen LogP contribution >= 0.6 is 27.5 Å². The molecule has 0 unspecified atom stereocenters. The van der Waals surface area contributed by atoms with Gasteiger partial charge in [-0.2, -0.15) is 0 Å². The fraction of sp³-hybridized carbons (Fsp3) is 0.562. The second kappa shape index (κ2) is 7.44. The lowest BCUT2D eigenvalue weighted by Gasteiger charge is -2.13. The first kappa shape index (κ1) is 15.1. The van der Waals surface area contributed by atoms with Crippen molar-refractivity contribution in [3.05, 3.63) is 33.3 Å². The van der Waals surface area contributed by atoms with E-state index in [0.717, 1.165) is 16.5 Å². The zero-order valence-electron chi connectivity index (χ0n) is 11.1. The van der Waals surface area contributed by atoms with Gasteiger partial charge in [-0.25, -0.2) is 0 Å². The zero-order chi connectivity index (χ0) is 13.7. The number of Topliss-reactive ketones (excluding diaryl/α,β-unsaturated/α-hetero) is 1. The van der Waals surface area contributed by atoms with Crippen LogP contribution in [0.4, 0.5) is 0 Å². The Morgan fingerprint density at radius 1 is 1.21 bits per heavy atom. The number of benzene rings is 1. The van der Waals surface area contributed by atoms with Gasteiger partial charge < -0.3 is 0 Å². The first-order chi connectivity index (χ1) is 9.15. The predicted molar refractivity (Wildman–Crippen MR) is 83.7 cm³/mol. The van der Waals surface area contributed by atoms with Crippen molar-refractivity contribution in [1.82, 2.24) is 0 Å². The summed E-state index contributed by atoms with van der Waals surface area (Å²) in [5.74, 6) is 0.931. The molecule has 0 atom stereocenters. The molecule has 0 saturated heterocycles. The quantitative estimate of drug-likeness (QED) is 0.653. The van der Waals surface area contributed by atoms with E-state index < -0.39 is 0 Å². The largest absolute Gasteiger partial charge is 0.299 e. The summed E-state index contributed by atoms with van der Waals surface area (Å²) in [4.78, 5) is 12.2. The van der Waals surface area contributed by atoms with E-state index in [1.807, 2.05) is 18.2 Å². The Hall–Kier alpha value is -0.340. The maximum Gasteiger partial charge on any atom is 0.137 e. The van der Waals surface area contributed by atoms with Crippen molar-refractivity contribution < 1.29 is 4.79 Å². The fourth-order valence-corrected chi connectivity index (χ4v) is 3.58. The molecule has 1 fully saturated rings. The van der Waals surface area contributed by atoms with Gasteiger partial charge in [0.05, 0.1) is 0 Å². The number of carbonyl (C=O) groups excluding carboxylic acids is 1. The van der Waals surface area contributed by atoms with Crippen LogP contribution in [0.1, 0.15) is 50.5 Å². The van der Waals surface area contributed by atoms with Crippen LogP contribution in [0.15, 0.2) is 22.7 Å². The van der Waals surface area contributed by atoms with E-state index in [-0.39, 0.29) is 0 Å². The van der Waals surface area contributed by atoms with Crippen LogP contribution in [0.5, 0.6) is 0 Å². The minimum absolute atomic E-state index is 0.330. The summed E-state index contributed by atoms with van der Waals surface area (Å²) in [5.41, 5.74) is 0.948. The van der Waals surface area contributed by atoms with Crippen LogP contribution in [0.3, 0.4) is 0 Å². The van der Waals surface area contributed by atoms with E-state index in [0.29, 0.717) is 23.1 Å². The monoisotopic (exact) mass is 342 g/mol. The lowest BCUT2D eigenvalue weighted by atomic mass is 9.92. The molecule has 0 N–H and O–H groups in total. The SMILES string of the molecule is O=C(Cc1ccc(Br)cc1Cl)CC1CCCCCC1. The molecule has 0 bridgehead atoms. The third kappa shape index (κ3) is 4.92. The molecule has 1 aromatic carbocycles. The van der Waals surface area contributed by atoms with Crippen LogP contribution in [-0.2, 0) is 11.2 Å². The molecule has 0 radical (unpaired) electrons. The smallest absolute Gasteiger partial charge is 0.137 e. The standard InChI is InChI=1S/C16H20BrClO/c17-14-8-7-13(16(18)11-14)10-15(19)9-12-5-3-1-2-4-6-12/h7-8,11-12H,1-6,9-10H2. The number of rotatable bonds is 4. The van der Waals surface area contributed by atoms with Gasteiger partial charge in [0.1, 0.15) is 5.78 Å². The molecule has 1 nitrogen and oxygen atoms in total. The van der Waals surface area contributed by atoms with Gasteiger partial charge >= 0.3 is 0 Å². The zero-order valence-corrected chi connectivity index (χ0v) is 13.5. The maximum absolute atomic E-state index is 12.2. The van der Waals surface area contributed by atoms with Crippen molar-refractivity contribution in [2.24, 2.45) is 5.92 Å². The predicted octanol–water partition coefficient (Wildman–Crippen LogP) is 5.57. The van der Waals surface area contributed by atoms with Crippen LogP contribution in [0.25, 0.3) is 0 Å². The molecule has 1 saturated carbocycles. The molecule has 1 aliphatic rings. The van der Waals surface area contributed by atoms with E-state index in [1.54, 1.807) is 0 Å². The first-order valence-corrected chi connectivity index (χ1v) is 8.28. The van der Waals surface area contributed by atoms with E-state index >= 15 is 0 Å². The topological polar surface area (TPSA) is 17.1 Å². The van der Waals surface area contributed by atoms with Crippen LogP contribution < -0.4 is 0 Å². The normalized spacial score (nSPS) is 17.2. The number of hydrogen-bond donors (Lipinski definition) is 0. The Morgan fingerprint density at radius 2 is 1.89 bits per heavy atom. The molecule has 3 heteroatoms. The summed E-state index contributed by atoms with van der Waals surface area (Å²) in [6, 6.07) is 5.74. The fourth-order valence-electron chi connectivity index (χ4n) is 2.84. The van der Waals surface area contributed by atoms with Crippen molar-refractivity contribution >= 4 is 33.3 Å². The van der Waals surface area contributed by atoms with Gasteiger partial charge in [-0.1, -0.05) is 72.1 Å². The first-order valence-electron chi connectivity index (χ1n) is 7.11. The number of hydrogen-bond acceptors (Lipinski definition) is 1. The van der Waals surface area contributed by atoms with Gasteiger partial charge in [0, 0.05) is 22.3 Å². The van der Waals surface area contributed by atoms with Gasteiger partial charge in [0.2, 0.25) is 0 Å². The van der Waals surface area contributed by atoms with Crippen molar-refractivity contribution in [3.63, 3.8) is 0 Å². The highest BCUT2D eigenvalue weighted by Gasteiger charge is 2.17. The van der Waals surface area contributed by atoms with E-state index in [9.17, 15) is 4.79 Å². The molecule has 0 heterocycles. The summed E-state index contributed by atoms with van der Waals surface area (Å²) in [5, 5.41) is 0.684. The second-order valence-electron chi connectivity index (χ2n) is 5.51. The highest BCUT2D eigenvalue weighted by Crippen LogP contribution is 2.27. The van der Waals surface area contributed by atoms with Crippen LogP contribution in [0.2, 0.25) is 5.02 Å². The highest BCUT2D eigenvalue weighted by atomic mass is 79.9. The minimum atomic E-state index is 0.330. The Kier molecular flexibility index (Phi) is 5.90. The third-order valence-electron chi connectivity index (χ3n) is 3.89. The molecule has 1 aliphatic carbocycles. The molecular weight excluding hydrogens is 324 g/mol. The van der Waals surface area contributed by atoms with Crippen molar-refractivity contribution in [1.29, 1.82) is 0 Å².